The summed E-state index contributed by atoms with van der Waals surface area (Å²) in [5.41, 5.74) is 0.433. The summed E-state index contributed by atoms with van der Waals surface area (Å²) in [6.07, 6.45) is 9.86. The molecular weight excluding hydrogens is 356 g/mol. The minimum absolute atomic E-state index is 0.0803. The van der Waals surface area contributed by atoms with Crippen LogP contribution in [0.1, 0.15) is 77.2 Å². The molecule has 4 saturated carbocycles. The van der Waals surface area contributed by atoms with Gasteiger partial charge in [-0.15, -0.1) is 0 Å². The molecule has 0 saturated heterocycles. The molecule has 4 aliphatic rings. The molecule has 0 aromatic heterocycles. The van der Waals surface area contributed by atoms with E-state index >= 15 is 0 Å². The first-order valence-electron chi connectivity index (χ1n) is 11.8. The Morgan fingerprint density at radius 1 is 0.897 bits per heavy atom. The van der Waals surface area contributed by atoms with E-state index in [1.165, 1.54) is 25.7 Å². The third kappa shape index (κ3) is 2.92. The van der Waals surface area contributed by atoms with Gasteiger partial charge in [-0.1, -0.05) is 43.9 Å². The first-order valence-corrected chi connectivity index (χ1v) is 11.8. The highest BCUT2D eigenvalue weighted by Gasteiger charge is 2.64. The van der Waals surface area contributed by atoms with Gasteiger partial charge in [0.1, 0.15) is 5.60 Å². The van der Waals surface area contributed by atoms with Crippen LogP contribution in [0.25, 0.3) is 0 Å². The van der Waals surface area contributed by atoms with Crippen LogP contribution in [-0.2, 0) is 0 Å². The van der Waals surface area contributed by atoms with Crippen molar-refractivity contribution >= 4 is 0 Å². The fourth-order valence-electron chi connectivity index (χ4n) is 8.15. The van der Waals surface area contributed by atoms with Gasteiger partial charge in [0.15, 0.2) is 0 Å². The maximum atomic E-state index is 11.7. The molecule has 0 amide bonds. The quantitative estimate of drug-likeness (QED) is 0.598. The highest BCUT2D eigenvalue weighted by Crippen LogP contribution is 2.68. The SMILES string of the molecule is C[C@]12CC[C@@H](O)C[C@H]1CC[C@@H]1[C@@H]2CC[C@@]2(C)[C@H]1CC[C@@]2(O)C#Cc1ccccc1. The van der Waals surface area contributed by atoms with Crippen molar-refractivity contribution in [1.82, 2.24) is 0 Å². The number of aliphatic hydroxyl groups is 2. The van der Waals surface area contributed by atoms with Gasteiger partial charge in [0.2, 0.25) is 0 Å². The number of benzene rings is 1. The third-order valence-corrected chi connectivity index (χ3v) is 9.98. The summed E-state index contributed by atoms with van der Waals surface area (Å²) in [6.45, 7) is 4.86. The van der Waals surface area contributed by atoms with Gasteiger partial charge in [0.25, 0.3) is 0 Å². The molecule has 4 aliphatic carbocycles. The Morgan fingerprint density at radius 2 is 1.66 bits per heavy atom. The zero-order chi connectivity index (χ0) is 20.3. The first-order chi connectivity index (χ1) is 13.9. The smallest absolute Gasteiger partial charge is 0.131 e. The molecule has 4 fully saturated rings. The lowest BCUT2D eigenvalue weighted by molar-refractivity contribution is -0.144. The largest absolute Gasteiger partial charge is 0.393 e. The van der Waals surface area contributed by atoms with Crippen molar-refractivity contribution < 1.29 is 10.2 Å². The van der Waals surface area contributed by atoms with E-state index in [4.69, 9.17) is 0 Å². The lowest BCUT2D eigenvalue weighted by Crippen LogP contribution is -2.56. The molecule has 156 valence electrons. The summed E-state index contributed by atoms with van der Waals surface area (Å²) >= 11 is 0. The van der Waals surface area contributed by atoms with E-state index in [0.29, 0.717) is 17.3 Å². The molecule has 2 nitrogen and oxygen atoms in total. The van der Waals surface area contributed by atoms with Gasteiger partial charge in [0, 0.05) is 11.0 Å². The molecule has 2 heteroatoms. The van der Waals surface area contributed by atoms with Crippen molar-refractivity contribution in [3.63, 3.8) is 0 Å². The fraction of sp³-hybridized carbons (Fsp3) is 0.704. The molecule has 0 aliphatic heterocycles. The van der Waals surface area contributed by atoms with Crippen LogP contribution < -0.4 is 0 Å². The van der Waals surface area contributed by atoms with Crippen molar-refractivity contribution in [3.05, 3.63) is 35.9 Å². The Hall–Kier alpha value is -1.30. The standard InChI is InChI=1S/C27H36O2/c1-25-14-11-21(28)18-20(25)8-9-22-23(25)12-15-26(2)24(22)13-17-27(26,29)16-10-19-6-4-3-5-7-19/h3-7,20-24,28-29H,8-9,11-15,17-18H2,1-2H3/t20-,21-,22-,23+,24+,25+,26+,27+/m1/s1. The molecule has 8 atom stereocenters. The Labute approximate surface area is 176 Å². The van der Waals surface area contributed by atoms with Crippen LogP contribution >= 0.6 is 0 Å². The van der Waals surface area contributed by atoms with Crippen molar-refractivity contribution in [2.45, 2.75) is 83.3 Å². The van der Waals surface area contributed by atoms with Gasteiger partial charge in [-0.2, -0.15) is 0 Å². The molecule has 0 radical (unpaired) electrons. The normalized spacial score (nSPS) is 48.6. The third-order valence-electron chi connectivity index (χ3n) is 9.98. The average Bonchev–Trinajstić information content (AvgIpc) is 2.99. The van der Waals surface area contributed by atoms with E-state index in [-0.39, 0.29) is 11.5 Å². The van der Waals surface area contributed by atoms with Crippen LogP contribution in [-0.4, -0.2) is 21.9 Å². The molecule has 0 heterocycles. The maximum Gasteiger partial charge on any atom is 0.131 e. The fourth-order valence-corrected chi connectivity index (χ4v) is 8.15. The monoisotopic (exact) mass is 392 g/mol. The summed E-state index contributed by atoms with van der Waals surface area (Å²) in [6, 6.07) is 10.1. The van der Waals surface area contributed by atoms with Gasteiger partial charge < -0.3 is 10.2 Å². The molecule has 1 aromatic carbocycles. The molecule has 0 unspecified atom stereocenters. The van der Waals surface area contributed by atoms with E-state index < -0.39 is 5.60 Å². The lowest BCUT2D eigenvalue weighted by atomic mass is 9.44. The van der Waals surface area contributed by atoms with E-state index in [0.717, 1.165) is 49.5 Å². The Balaban J connectivity index is 1.42. The zero-order valence-corrected chi connectivity index (χ0v) is 18.0. The summed E-state index contributed by atoms with van der Waals surface area (Å²) in [4.78, 5) is 0. The Morgan fingerprint density at radius 3 is 2.45 bits per heavy atom. The minimum Gasteiger partial charge on any atom is -0.393 e. The van der Waals surface area contributed by atoms with Crippen LogP contribution in [0.15, 0.2) is 30.3 Å². The Kier molecular flexibility index (Phi) is 4.65. The lowest BCUT2D eigenvalue weighted by Gasteiger charge is -2.61. The summed E-state index contributed by atoms with van der Waals surface area (Å²) < 4.78 is 0. The van der Waals surface area contributed by atoms with Crippen LogP contribution in [0, 0.1) is 46.3 Å². The predicted molar refractivity (Wildman–Crippen MR) is 116 cm³/mol. The summed E-state index contributed by atoms with van der Waals surface area (Å²) in [5, 5.41) is 21.9. The van der Waals surface area contributed by atoms with E-state index in [1.807, 2.05) is 30.3 Å². The van der Waals surface area contributed by atoms with Gasteiger partial charge in [0.05, 0.1) is 6.10 Å². The number of aliphatic hydroxyl groups excluding tert-OH is 1. The average molecular weight is 393 g/mol. The first kappa shape index (κ1) is 19.7. The number of rotatable bonds is 0. The number of hydrogen-bond acceptors (Lipinski definition) is 2. The predicted octanol–water partition coefficient (Wildman–Crippen LogP) is 5.17. The number of fused-ring (bicyclic) bond motifs is 5. The van der Waals surface area contributed by atoms with Crippen molar-refractivity contribution in [2.75, 3.05) is 0 Å². The topological polar surface area (TPSA) is 40.5 Å². The van der Waals surface area contributed by atoms with Crippen molar-refractivity contribution in [1.29, 1.82) is 0 Å². The van der Waals surface area contributed by atoms with Crippen LogP contribution in [0.3, 0.4) is 0 Å². The van der Waals surface area contributed by atoms with Crippen LogP contribution in [0.5, 0.6) is 0 Å². The number of hydrogen-bond donors (Lipinski definition) is 2. The minimum atomic E-state index is -0.862. The molecule has 2 N–H and O–H groups in total. The highest BCUT2D eigenvalue weighted by atomic mass is 16.3. The van der Waals surface area contributed by atoms with Crippen molar-refractivity contribution in [3.8, 4) is 11.8 Å². The second-order valence-corrected chi connectivity index (χ2v) is 11.1. The van der Waals surface area contributed by atoms with Crippen LogP contribution in [0.4, 0.5) is 0 Å². The highest BCUT2D eigenvalue weighted by molar-refractivity contribution is 5.38. The van der Waals surface area contributed by atoms with Gasteiger partial charge >= 0.3 is 0 Å². The second-order valence-electron chi connectivity index (χ2n) is 11.1. The molecule has 0 bridgehead atoms. The molecular formula is C27H36O2. The molecule has 5 rings (SSSR count). The van der Waals surface area contributed by atoms with E-state index in [2.05, 4.69) is 25.7 Å². The van der Waals surface area contributed by atoms with Gasteiger partial charge in [-0.3, -0.25) is 0 Å². The zero-order valence-electron chi connectivity index (χ0n) is 18.0. The van der Waals surface area contributed by atoms with E-state index in [9.17, 15) is 10.2 Å². The van der Waals surface area contributed by atoms with Crippen molar-refractivity contribution in [2.24, 2.45) is 34.5 Å². The summed E-state index contributed by atoms with van der Waals surface area (Å²) in [7, 11) is 0. The van der Waals surface area contributed by atoms with Crippen LogP contribution in [0.2, 0.25) is 0 Å². The Bertz CT molecular complexity index is 822. The molecule has 0 spiro atoms. The molecule has 1 aromatic rings. The summed E-state index contributed by atoms with van der Waals surface area (Å²) in [5.74, 6) is 9.40. The van der Waals surface area contributed by atoms with E-state index in [1.54, 1.807) is 0 Å². The molecule has 29 heavy (non-hydrogen) atoms. The second kappa shape index (κ2) is 6.86. The maximum absolute atomic E-state index is 11.7. The van der Waals surface area contributed by atoms with Gasteiger partial charge in [-0.05, 0) is 99.0 Å². The van der Waals surface area contributed by atoms with Gasteiger partial charge in [-0.25, -0.2) is 0 Å².